The quantitative estimate of drug-likeness (QED) is 0.394. The maximum Gasteiger partial charge on any atom is 0.269 e. The zero-order chi connectivity index (χ0) is 21.9. The van der Waals surface area contributed by atoms with Crippen molar-refractivity contribution in [2.24, 2.45) is 0 Å². The third-order valence-electron chi connectivity index (χ3n) is 3.95. The van der Waals surface area contributed by atoms with Gasteiger partial charge in [0.1, 0.15) is 0 Å². The van der Waals surface area contributed by atoms with Crippen LogP contribution in [0.1, 0.15) is 10.4 Å². The topological polar surface area (TPSA) is 118 Å². The van der Waals surface area contributed by atoms with Crippen molar-refractivity contribution in [2.45, 2.75) is 4.90 Å². The first kappa shape index (κ1) is 21.6. The fraction of sp³-hybridized carbons (Fsp3) is 0. The van der Waals surface area contributed by atoms with Crippen LogP contribution in [0.3, 0.4) is 0 Å². The summed E-state index contributed by atoms with van der Waals surface area (Å²) in [5, 5.41) is 14.0. The van der Waals surface area contributed by atoms with Gasteiger partial charge in [0.25, 0.3) is 21.6 Å². The smallest absolute Gasteiger partial charge is 0.269 e. The van der Waals surface area contributed by atoms with Crippen LogP contribution in [0, 0.1) is 10.1 Å². The lowest BCUT2D eigenvalue weighted by molar-refractivity contribution is -0.384. The van der Waals surface area contributed by atoms with Crippen LogP contribution in [0.5, 0.6) is 0 Å². The zero-order valence-corrected chi connectivity index (χ0v) is 17.3. The molecular formula is C19H13Cl2N3O5S. The summed E-state index contributed by atoms with van der Waals surface area (Å²) in [6, 6.07) is 14.9. The molecule has 0 heterocycles. The number of anilines is 2. The molecule has 0 spiro atoms. The van der Waals surface area contributed by atoms with Crippen molar-refractivity contribution >= 4 is 56.2 Å². The van der Waals surface area contributed by atoms with Gasteiger partial charge in [0.05, 0.1) is 31.8 Å². The van der Waals surface area contributed by atoms with E-state index in [4.69, 9.17) is 23.2 Å². The molecule has 0 bridgehead atoms. The molecule has 0 aliphatic carbocycles. The van der Waals surface area contributed by atoms with E-state index in [9.17, 15) is 23.3 Å². The first-order chi connectivity index (χ1) is 14.2. The Morgan fingerprint density at radius 3 is 2.23 bits per heavy atom. The normalized spacial score (nSPS) is 11.0. The number of para-hydroxylation sites is 1. The Kier molecular flexibility index (Phi) is 6.25. The number of carbonyl (C=O) groups is 1. The van der Waals surface area contributed by atoms with Crippen LogP contribution in [0.25, 0.3) is 0 Å². The van der Waals surface area contributed by atoms with E-state index in [0.717, 1.165) is 24.3 Å². The minimum atomic E-state index is -4.09. The van der Waals surface area contributed by atoms with Gasteiger partial charge >= 0.3 is 0 Å². The van der Waals surface area contributed by atoms with Crippen molar-refractivity contribution < 1.29 is 18.1 Å². The van der Waals surface area contributed by atoms with Gasteiger partial charge in [-0.3, -0.25) is 19.6 Å². The number of sulfonamides is 1. The number of nitro benzene ring substituents is 1. The summed E-state index contributed by atoms with van der Waals surface area (Å²) in [4.78, 5) is 22.6. The van der Waals surface area contributed by atoms with Gasteiger partial charge < -0.3 is 5.32 Å². The van der Waals surface area contributed by atoms with Gasteiger partial charge in [0.15, 0.2) is 0 Å². The molecule has 0 radical (unpaired) electrons. The molecular weight excluding hydrogens is 453 g/mol. The second-order valence-corrected chi connectivity index (χ2v) is 8.51. The predicted molar refractivity (Wildman–Crippen MR) is 115 cm³/mol. The monoisotopic (exact) mass is 465 g/mol. The Morgan fingerprint density at radius 1 is 0.933 bits per heavy atom. The molecule has 3 rings (SSSR count). The maximum absolute atomic E-state index is 12.7. The Morgan fingerprint density at radius 2 is 1.60 bits per heavy atom. The first-order valence-electron chi connectivity index (χ1n) is 8.30. The molecule has 1 amide bonds. The number of rotatable bonds is 6. The van der Waals surface area contributed by atoms with E-state index in [1.54, 1.807) is 18.2 Å². The van der Waals surface area contributed by atoms with Crippen LogP contribution >= 0.6 is 23.2 Å². The lowest BCUT2D eigenvalue weighted by atomic mass is 10.1. The molecule has 0 atom stereocenters. The summed E-state index contributed by atoms with van der Waals surface area (Å²) in [6.45, 7) is 0. The van der Waals surface area contributed by atoms with Crippen molar-refractivity contribution in [3.8, 4) is 0 Å². The zero-order valence-electron chi connectivity index (χ0n) is 15.0. The van der Waals surface area contributed by atoms with Gasteiger partial charge in [-0.1, -0.05) is 35.3 Å². The summed E-state index contributed by atoms with van der Waals surface area (Å²) in [5.74, 6) is -0.596. The third kappa shape index (κ3) is 4.88. The molecule has 3 aromatic rings. The van der Waals surface area contributed by atoms with Gasteiger partial charge in [-0.05, 0) is 42.5 Å². The molecule has 0 fully saturated rings. The molecule has 2 N–H and O–H groups in total. The SMILES string of the molecule is O=C(Nc1ccc(Cl)cc1Cl)c1ccccc1NS(=O)(=O)c1ccc([N+](=O)[O-])cc1. The van der Waals surface area contributed by atoms with Crippen molar-refractivity contribution in [3.63, 3.8) is 0 Å². The Bertz CT molecular complexity index is 1230. The van der Waals surface area contributed by atoms with Gasteiger partial charge in [0, 0.05) is 17.2 Å². The number of halogens is 2. The van der Waals surface area contributed by atoms with E-state index >= 15 is 0 Å². The van der Waals surface area contributed by atoms with Crippen LogP contribution in [0.4, 0.5) is 17.1 Å². The Labute approximate surface area is 181 Å². The molecule has 11 heteroatoms. The number of benzene rings is 3. The molecule has 0 saturated carbocycles. The molecule has 30 heavy (non-hydrogen) atoms. The summed E-state index contributed by atoms with van der Waals surface area (Å²) < 4.78 is 27.6. The Balaban J connectivity index is 1.87. The highest BCUT2D eigenvalue weighted by molar-refractivity contribution is 7.92. The largest absolute Gasteiger partial charge is 0.321 e. The number of amides is 1. The number of hydrogen-bond donors (Lipinski definition) is 2. The highest BCUT2D eigenvalue weighted by Crippen LogP contribution is 2.27. The average molecular weight is 466 g/mol. The van der Waals surface area contributed by atoms with Crippen molar-refractivity contribution in [2.75, 3.05) is 10.0 Å². The molecule has 8 nitrogen and oxygen atoms in total. The van der Waals surface area contributed by atoms with Crippen LogP contribution in [-0.2, 0) is 10.0 Å². The summed E-state index contributed by atoms with van der Waals surface area (Å²) in [7, 11) is -4.09. The Hall–Kier alpha value is -3.14. The van der Waals surface area contributed by atoms with Crippen LogP contribution in [-0.4, -0.2) is 19.2 Å². The van der Waals surface area contributed by atoms with E-state index in [2.05, 4.69) is 10.0 Å². The van der Waals surface area contributed by atoms with E-state index in [-0.39, 0.29) is 26.9 Å². The standard InChI is InChI=1S/C19H13Cl2N3O5S/c20-12-5-10-18(16(21)11-12)22-19(25)15-3-1-2-4-17(15)23-30(28,29)14-8-6-13(7-9-14)24(26)27/h1-11,23H,(H,22,25). The van der Waals surface area contributed by atoms with E-state index in [0.29, 0.717) is 10.7 Å². The lowest BCUT2D eigenvalue weighted by Gasteiger charge is -2.13. The molecule has 0 aliphatic rings. The van der Waals surface area contributed by atoms with Crippen LogP contribution in [0.15, 0.2) is 71.6 Å². The van der Waals surface area contributed by atoms with Crippen molar-refractivity contribution in [3.05, 3.63) is 92.5 Å². The van der Waals surface area contributed by atoms with E-state index in [1.807, 2.05) is 0 Å². The van der Waals surface area contributed by atoms with Gasteiger partial charge in [-0.2, -0.15) is 0 Å². The molecule has 0 saturated heterocycles. The highest BCUT2D eigenvalue weighted by atomic mass is 35.5. The molecule has 0 unspecified atom stereocenters. The summed E-state index contributed by atoms with van der Waals surface area (Å²) in [5.41, 5.74) is 0.139. The van der Waals surface area contributed by atoms with Gasteiger partial charge in [0.2, 0.25) is 0 Å². The van der Waals surface area contributed by atoms with Crippen molar-refractivity contribution in [1.82, 2.24) is 0 Å². The van der Waals surface area contributed by atoms with Crippen LogP contribution in [0.2, 0.25) is 10.0 Å². The molecule has 154 valence electrons. The van der Waals surface area contributed by atoms with E-state index < -0.39 is 20.9 Å². The third-order valence-corrected chi connectivity index (χ3v) is 5.88. The number of nitro groups is 1. The van der Waals surface area contributed by atoms with Gasteiger partial charge in [-0.15, -0.1) is 0 Å². The van der Waals surface area contributed by atoms with Gasteiger partial charge in [-0.25, -0.2) is 8.42 Å². The van der Waals surface area contributed by atoms with Crippen LogP contribution < -0.4 is 10.0 Å². The number of nitrogens with zero attached hydrogens (tertiary/aromatic N) is 1. The molecule has 3 aromatic carbocycles. The summed E-state index contributed by atoms with van der Waals surface area (Å²) in [6.07, 6.45) is 0. The summed E-state index contributed by atoms with van der Waals surface area (Å²) >= 11 is 11.9. The average Bonchev–Trinajstić information content (AvgIpc) is 2.70. The fourth-order valence-corrected chi connectivity index (χ4v) is 4.04. The predicted octanol–water partition coefficient (Wildman–Crippen LogP) is 4.95. The second-order valence-electron chi connectivity index (χ2n) is 5.98. The number of hydrogen-bond acceptors (Lipinski definition) is 5. The fourth-order valence-electron chi connectivity index (χ4n) is 2.50. The lowest BCUT2D eigenvalue weighted by Crippen LogP contribution is -2.18. The number of nitrogens with one attached hydrogen (secondary N) is 2. The minimum Gasteiger partial charge on any atom is -0.321 e. The number of non-ortho nitro benzene ring substituents is 1. The van der Waals surface area contributed by atoms with E-state index in [1.165, 1.54) is 24.3 Å². The minimum absolute atomic E-state index is 0.0263. The highest BCUT2D eigenvalue weighted by Gasteiger charge is 2.20. The van der Waals surface area contributed by atoms with Crippen molar-refractivity contribution in [1.29, 1.82) is 0 Å². The number of carbonyl (C=O) groups excluding carboxylic acids is 1. The maximum atomic E-state index is 12.7. The molecule has 0 aromatic heterocycles. The second kappa shape index (κ2) is 8.70. The first-order valence-corrected chi connectivity index (χ1v) is 10.5. The molecule has 0 aliphatic heterocycles.